The molecule has 0 aromatic carbocycles. The molecular weight excluding hydrogens is 268 g/mol. The fourth-order valence-electron chi connectivity index (χ4n) is 3.30. The number of imidazole rings is 1. The van der Waals surface area contributed by atoms with Crippen LogP contribution in [0.2, 0.25) is 0 Å². The van der Waals surface area contributed by atoms with Crippen LogP contribution in [0.1, 0.15) is 40.0 Å². The van der Waals surface area contributed by atoms with Gasteiger partial charge in [0.1, 0.15) is 0 Å². The first-order valence-electron chi connectivity index (χ1n) is 6.94. The number of hydrogen-bond donors (Lipinski definition) is 1. The Morgan fingerprint density at radius 1 is 1.29 bits per heavy atom. The Morgan fingerprint density at radius 2 is 2.05 bits per heavy atom. The number of aromatic amines is 1. The van der Waals surface area contributed by atoms with Gasteiger partial charge in [0.2, 0.25) is 12.2 Å². The van der Waals surface area contributed by atoms with E-state index in [-0.39, 0.29) is 16.9 Å². The Bertz CT molecular complexity index is 497. The van der Waals surface area contributed by atoms with Crippen molar-refractivity contribution in [2.45, 2.75) is 46.1 Å². The molecular formula is C15H22N4O2. The lowest BCUT2D eigenvalue weighted by Gasteiger charge is -2.44. The summed E-state index contributed by atoms with van der Waals surface area (Å²) in [7, 11) is 0. The smallest absolute Gasteiger partial charge is 0.235 e. The third-order valence-electron chi connectivity index (χ3n) is 3.59. The van der Waals surface area contributed by atoms with E-state index < -0.39 is 0 Å². The van der Waals surface area contributed by atoms with E-state index in [1.165, 1.54) is 0 Å². The van der Waals surface area contributed by atoms with Crippen LogP contribution in [0.3, 0.4) is 0 Å². The highest BCUT2D eigenvalue weighted by molar-refractivity contribution is 5.34. The molecule has 0 aliphatic heterocycles. The third kappa shape index (κ3) is 6.30. The van der Waals surface area contributed by atoms with Gasteiger partial charge in [0.05, 0.1) is 18.9 Å². The topological polar surface area (TPSA) is 87.5 Å². The molecule has 2 unspecified atom stereocenters. The van der Waals surface area contributed by atoms with Gasteiger partial charge in [-0.1, -0.05) is 20.8 Å². The van der Waals surface area contributed by atoms with Crippen molar-refractivity contribution >= 4 is 12.2 Å². The highest BCUT2D eigenvalue weighted by atomic mass is 16.1. The number of carbonyl (C=O) groups excluding carboxylic acids is 2. The molecule has 1 aromatic heterocycles. The number of hydrogen-bond acceptors (Lipinski definition) is 5. The molecule has 2 rings (SSSR count). The van der Waals surface area contributed by atoms with Gasteiger partial charge in [-0.15, -0.1) is 0 Å². The van der Waals surface area contributed by atoms with Crippen LogP contribution in [0.15, 0.2) is 28.7 Å². The number of isocyanates is 2. The van der Waals surface area contributed by atoms with E-state index >= 15 is 0 Å². The van der Waals surface area contributed by atoms with Gasteiger partial charge in [0, 0.05) is 12.4 Å². The highest BCUT2D eigenvalue weighted by Crippen LogP contribution is 2.47. The van der Waals surface area contributed by atoms with Crippen LogP contribution in [-0.2, 0) is 9.59 Å². The van der Waals surface area contributed by atoms with Crippen LogP contribution in [-0.4, -0.2) is 34.7 Å². The zero-order valence-electron chi connectivity index (χ0n) is 12.8. The molecule has 1 fully saturated rings. The van der Waals surface area contributed by atoms with E-state index in [0.717, 1.165) is 19.3 Å². The van der Waals surface area contributed by atoms with Crippen LogP contribution < -0.4 is 0 Å². The number of rotatable bonds is 3. The first kappa shape index (κ1) is 17.0. The lowest BCUT2D eigenvalue weighted by atomic mass is 9.63. The van der Waals surface area contributed by atoms with Crippen LogP contribution in [0.25, 0.3) is 0 Å². The average molecular weight is 290 g/mol. The Labute approximate surface area is 124 Å². The minimum Gasteiger partial charge on any atom is -0.351 e. The number of aliphatic imine (C=N–C) groups is 2. The van der Waals surface area contributed by atoms with Crippen molar-refractivity contribution in [2.24, 2.45) is 20.8 Å². The van der Waals surface area contributed by atoms with Gasteiger partial charge in [-0.2, -0.15) is 0 Å². The van der Waals surface area contributed by atoms with Crippen LogP contribution >= 0.6 is 0 Å². The molecule has 1 saturated carbocycles. The number of H-pyrrole nitrogens is 1. The first-order valence-corrected chi connectivity index (χ1v) is 6.94. The highest BCUT2D eigenvalue weighted by Gasteiger charge is 2.41. The molecule has 1 N–H and O–H groups in total. The summed E-state index contributed by atoms with van der Waals surface area (Å²) in [5.41, 5.74) is 0.0561. The van der Waals surface area contributed by atoms with E-state index in [9.17, 15) is 9.59 Å². The van der Waals surface area contributed by atoms with E-state index in [2.05, 4.69) is 40.7 Å². The molecule has 0 radical (unpaired) electrons. The molecule has 6 nitrogen and oxygen atoms in total. The van der Waals surface area contributed by atoms with Gasteiger partial charge in [-0.25, -0.2) is 24.6 Å². The van der Waals surface area contributed by atoms with Gasteiger partial charge < -0.3 is 4.98 Å². The summed E-state index contributed by atoms with van der Waals surface area (Å²) in [5, 5.41) is 0. The summed E-state index contributed by atoms with van der Waals surface area (Å²) in [5.74, 6) is 0. The minimum atomic E-state index is -0.0653. The van der Waals surface area contributed by atoms with E-state index in [1.54, 1.807) is 30.9 Å². The normalized spacial score (nSPS) is 26.5. The predicted octanol–water partition coefficient (Wildman–Crippen LogP) is 2.65. The number of aromatic nitrogens is 2. The van der Waals surface area contributed by atoms with Crippen LogP contribution in [0.4, 0.5) is 0 Å². The molecule has 1 heterocycles. The fourth-order valence-corrected chi connectivity index (χ4v) is 3.30. The summed E-state index contributed by atoms with van der Waals surface area (Å²) < 4.78 is 0. The standard InChI is InChI=1S/C12H18N2O2.C3H4N2/c1-11(2)4-10(14-9-16)5-12(3,6-11)7-13-8-15;1-2-5-3-4-1/h10H,4-7H2,1-3H3;1-3H,(H,4,5). The van der Waals surface area contributed by atoms with Crippen molar-refractivity contribution in [3.8, 4) is 0 Å². The van der Waals surface area contributed by atoms with Gasteiger partial charge in [-0.3, -0.25) is 0 Å². The van der Waals surface area contributed by atoms with Crippen molar-refractivity contribution in [3.05, 3.63) is 18.7 Å². The number of nitrogens with one attached hydrogen (secondary N) is 1. The molecule has 2 atom stereocenters. The lowest BCUT2D eigenvalue weighted by molar-refractivity contribution is 0.0915. The molecule has 1 aliphatic rings. The molecule has 6 heteroatoms. The molecule has 21 heavy (non-hydrogen) atoms. The summed E-state index contributed by atoms with van der Waals surface area (Å²) in [6.07, 6.45) is 11.0. The van der Waals surface area contributed by atoms with E-state index in [1.807, 2.05) is 0 Å². The Morgan fingerprint density at radius 3 is 2.52 bits per heavy atom. The summed E-state index contributed by atoms with van der Waals surface area (Å²) >= 11 is 0. The maximum atomic E-state index is 10.3. The predicted molar refractivity (Wildman–Crippen MR) is 79.2 cm³/mol. The van der Waals surface area contributed by atoms with Crippen molar-refractivity contribution in [3.63, 3.8) is 0 Å². The summed E-state index contributed by atoms with van der Waals surface area (Å²) in [6, 6.07) is 0.00750. The van der Waals surface area contributed by atoms with Crippen molar-refractivity contribution < 1.29 is 9.59 Å². The second kappa shape index (κ2) is 7.67. The van der Waals surface area contributed by atoms with Crippen molar-refractivity contribution in [2.75, 3.05) is 6.54 Å². The number of nitrogens with zero attached hydrogens (tertiary/aromatic N) is 3. The van der Waals surface area contributed by atoms with Crippen molar-refractivity contribution in [1.82, 2.24) is 9.97 Å². The van der Waals surface area contributed by atoms with E-state index in [4.69, 9.17) is 0 Å². The fraction of sp³-hybridized carbons (Fsp3) is 0.667. The SMILES string of the molecule is CC1(C)CC(N=C=O)CC(C)(CN=C=O)C1.c1c[nH]cn1. The molecule has 1 aliphatic carbocycles. The Hall–Kier alpha value is -2.03. The maximum Gasteiger partial charge on any atom is 0.235 e. The second-order valence-corrected chi connectivity index (χ2v) is 6.60. The van der Waals surface area contributed by atoms with Gasteiger partial charge in [-0.05, 0) is 30.1 Å². The Kier molecular flexibility index (Phi) is 6.22. The molecule has 114 valence electrons. The van der Waals surface area contributed by atoms with E-state index in [0.29, 0.717) is 6.54 Å². The summed E-state index contributed by atoms with van der Waals surface area (Å²) in [4.78, 5) is 34.4. The molecule has 0 saturated heterocycles. The largest absolute Gasteiger partial charge is 0.351 e. The van der Waals surface area contributed by atoms with Crippen LogP contribution in [0, 0.1) is 10.8 Å². The lowest BCUT2D eigenvalue weighted by Crippen LogP contribution is -2.39. The monoisotopic (exact) mass is 290 g/mol. The maximum absolute atomic E-state index is 10.3. The molecule has 0 bridgehead atoms. The molecule has 0 spiro atoms. The first-order chi connectivity index (χ1) is 9.91. The zero-order valence-corrected chi connectivity index (χ0v) is 12.8. The van der Waals surface area contributed by atoms with Gasteiger partial charge in [0.15, 0.2) is 0 Å². The van der Waals surface area contributed by atoms with Crippen molar-refractivity contribution in [1.29, 1.82) is 0 Å². The second-order valence-electron chi connectivity index (χ2n) is 6.60. The Balaban J connectivity index is 0.000000369. The quantitative estimate of drug-likeness (QED) is 0.685. The van der Waals surface area contributed by atoms with Gasteiger partial charge in [0.25, 0.3) is 0 Å². The molecule has 0 amide bonds. The van der Waals surface area contributed by atoms with Gasteiger partial charge >= 0.3 is 0 Å². The average Bonchev–Trinajstić information content (AvgIpc) is 2.93. The third-order valence-corrected chi connectivity index (χ3v) is 3.59. The minimum absolute atomic E-state index is 0.00750. The summed E-state index contributed by atoms with van der Waals surface area (Å²) in [6.45, 7) is 6.86. The zero-order chi connectivity index (χ0) is 15.8. The molecule has 1 aromatic rings. The van der Waals surface area contributed by atoms with Crippen LogP contribution in [0.5, 0.6) is 0 Å².